The third kappa shape index (κ3) is 3.63. The number of likely N-dealkylation sites (tertiary alicyclic amines) is 1. The summed E-state index contributed by atoms with van der Waals surface area (Å²) in [5.74, 6) is 1.00. The lowest BCUT2D eigenvalue weighted by Crippen LogP contribution is -2.44. The highest BCUT2D eigenvalue weighted by molar-refractivity contribution is 7.91. The molecule has 2 amide bonds. The molecule has 2 saturated heterocycles. The summed E-state index contributed by atoms with van der Waals surface area (Å²) in [5.41, 5.74) is 0. The second-order valence-electron chi connectivity index (χ2n) is 6.18. The normalized spacial score (nSPS) is 32.5. The maximum absolute atomic E-state index is 12.1. The molecule has 0 spiro atoms. The molecule has 3 aliphatic rings. The van der Waals surface area contributed by atoms with Crippen LogP contribution in [0.25, 0.3) is 0 Å². The van der Waals surface area contributed by atoms with Crippen molar-refractivity contribution in [1.82, 2.24) is 10.2 Å². The van der Waals surface area contributed by atoms with Gasteiger partial charge in [-0.2, -0.15) is 0 Å². The van der Waals surface area contributed by atoms with Gasteiger partial charge in [0.05, 0.1) is 17.6 Å². The van der Waals surface area contributed by atoms with Gasteiger partial charge in [0.15, 0.2) is 9.84 Å². The van der Waals surface area contributed by atoms with Crippen LogP contribution in [0, 0.1) is 5.92 Å². The minimum atomic E-state index is -2.94. The van der Waals surface area contributed by atoms with Gasteiger partial charge in [0, 0.05) is 25.7 Å². The lowest BCUT2D eigenvalue weighted by atomic mass is 10.3. The summed E-state index contributed by atoms with van der Waals surface area (Å²) in [4.78, 5) is 13.8. The number of rotatable bonds is 4. The number of carbonyl (C=O) groups is 1. The van der Waals surface area contributed by atoms with Crippen LogP contribution in [0.3, 0.4) is 0 Å². The number of hydrogen-bond donors (Lipinski definition) is 1. The van der Waals surface area contributed by atoms with Gasteiger partial charge < -0.3 is 15.0 Å². The van der Waals surface area contributed by atoms with E-state index in [0.29, 0.717) is 19.5 Å². The first kappa shape index (κ1) is 14.1. The molecule has 20 heavy (non-hydrogen) atoms. The van der Waals surface area contributed by atoms with Crippen molar-refractivity contribution in [2.45, 2.75) is 37.8 Å². The SMILES string of the molecule is O=C(N[C@@H]1CCS(=O)(=O)C1)N1CC[C@@H](OCC2CC2)C1. The highest BCUT2D eigenvalue weighted by Crippen LogP contribution is 2.30. The van der Waals surface area contributed by atoms with Gasteiger partial charge in [-0.05, 0) is 31.6 Å². The maximum Gasteiger partial charge on any atom is 0.317 e. The first-order valence-corrected chi connectivity index (χ1v) is 9.21. The van der Waals surface area contributed by atoms with Crippen molar-refractivity contribution in [3.05, 3.63) is 0 Å². The second kappa shape index (κ2) is 5.52. The van der Waals surface area contributed by atoms with Crippen molar-refractivity contribution in [2.75, 3.05) is 31.2 Å². The Morgan fingerprint density at radius 1 is 1.25 bits per heavy atom. The standard InChI is InChI=1S/C13H22N2O4S/c16-13(14-11-4-6-20(17,18)9-11)15-5-3-12(7-15)19-8-10-1-2-10/h10-12H,1-9H2,(H,14,16)/t11-,12-/m1/s1. The van der Waals surface area contributed by atoms with Gasteiger partial charge >= 0.3 is 6.03 Å². The van der Waals surface area contributed by atoms with Gasteiger partial charge in [0.1, 0.15) is 0 Å². The Bertz CT molecular complexity index is 475. The average molecular weight is 302 g/mol. The Balaban J connectivity index is 1.41. The van der Waals surface area contributed by atoms with Crippen molar-refractivity contribution < 1.29 is 17.9 Å². The molecule has 0 radical (unpaired) electrons. The Morgan fingerprint density at radius 3 is 2.70 bits per heavy atom. The van der Waals surface area contributed by atoms with Crippen LogP contribution < -0.4 is 5.32 Å². The number of ether oxygens (including phenoxy) is 1. The van der Waals surface area contributed by atoms with Gasteiger partial charge in [-0.3, -0.25) is 0 Å². The molecule has 3 fully saturated rings. The zero-order chi connectivity index (χ0) is 14.2. The molecule has 3 rings (SSSR count). The van der Waals surface area contributed by atoms with Crippen molar-refractivity contribution >= 4 is 15.9 Å². The van der Waals surface area contributed by atoms with Gasteiger partial charge in [0.2, 0.25) is 0 Å². The molecule has 1 aliphatic carbocycles. The summed E-state index contributed by atoms with van der Waals surface area (Å²) in [6, 6.07) is -0.372. The van der Waals surface area contributed by atoms with E-state index in [1.807, 2.05) is 0 Å². The van der Waals surface area contributed by atoms with E-state index >= 15 is 0 Å². The lowest BCUT2D eigenvalue weighted by molar-refractivity contribution is 0.0538. The van der Waals surface area contributed by atoms with Gasteiger partial charge in [-0.25, -0.2) is 13.2 Å². The van der Waals surface area contributed by atoms with Crippen LogP contribution in [-0.2, 0) is 14.6 Å². The molecule has 2 atom stereocenters. The number of amides is 2. The summed E-state index contributed by atoms with van der Waals surface area (Å²) < 4.78 is 28.5. The summed E-state index contributed by atoms with van der Waals surface area (Å²) >= 11 is 0. The molecule has 0 aromatic heterocycles. The van der Waals surface area contributed by atoms with Gasteiger partial charge in [0.25, 0.3) is 0 Å². The van der Waals surface area contributed by atoms with Gasteiger partial charge in [-0.1, -0.05) is 0 Å². The highest BCUT2D eigenvalue weighted by atomic mass is 32.2. The van der Waals surface area contributed by atoms with Crippen molar-refractivity contribution in [3.8, 4) is 0 Å². The van der Waals surface area contributed by atoms with E-state index in [4.69, 9.17) is 4.74 Å². The number of sulfone groups is 1. The molecule has 2 heterocycles. The molecular weight excluding hydrogens is 280 g/mol. The van der Waals surface area contributed by atoms with E-state index < -0.39 is 9.84 Å². The fourth-order valence-corrected chi connectivity index (χ4v) is 4.45. The van der Waals surface area contributed by atoms with Crippen LogP contribution in [0.15, 0.2) is 0 Å². The van der Waals surface area contributed by atoms with Crippen LogP contribution >= 0.6 is 0 Å². The maximum atomic E-state index is 12.1. The van der Waals surface area contributed by atoms with Crippen molar-refractivity contribution in [2.24, 2.45) is 5.92 Å². The second-order valence-corrected chi connectivity index (χ2v) is 8.41. The monoisotopic (exact) mass is 302 g/mol. The van der Waals surface area contributed by atoms with E-state index in [1.165, 1.54) is 12.8 Å². The summed E-state index contributed by atoms with van der Waals surface area (Å²) in [7, 11) is -2.94. The molecule has 1 N–H and O–H groups in total. The largest absolute Gasteiger partial charge is 0.376 e. The summed E-state index contributed by atoms with van der Waals surface area (Å²) in [6.45, 7) is 2.14. The first-order valence-electron chi connectivity index (χ1n) is 7.39. The predicted molar refractivity (Wildman–Crippen MR) is 74.2 cm³/mol. The molecule has 1 saturated carbocycles. The summed E-state index contributed by atoms with van der Waals surface area (Å²) in [5, 5.41) is 2.83. The minimum Gasteiger partial charge on any atom is -0.376 e. The molecule has 7 heteroatoms. The molecule has 0 unspecified atom stereocenters. The van der Waals surface area contributed by atoms with E-state index in [0.717, 1.165) is 18.9 Å². The van der Waals surface area contributed by atoms with Crippen LogP contribution in [0.1, 0.15) is 25.7 Å². The number of urea groups is 1. The fraction of sp³-hybridized carbons (Fsp3) is 0.923. The zero-order valence-electron chi connectivity index (χ0n) is 11.6. The van der Waals surface area contributed by atoms with E-state index in [-0.39, 0.29) is 29.7 Å². The first-order chi connectivity index (χ1) is 9.52. The zero-order valence-corrected chi connectivity index (χ0v) is 12.4. The lowest BCUT2D eigenvalue weighted by Gasteiger charge is -2.20. The summed E-state index contributed by atoms with van der Waals surface area (Å²) in [6.07, 6.45) is 4.10. The third-order valence-electron chi connectivity index (χ3n) is 4.26. The quantitative estimate of drug-likeness (QED) is 0.815. The fourth-order valence-electron chi connectivity index (χ4n) is 2.78. The molecule has 114 valence electrons. The minimum absolute atomic E-state index is 0.0776. The molecular formula is C13H22N2O4S. The van der Waals surface area contributed by atoms with Crippen LogP contribution in [0.5, 0.6) is 0 Å². The van der Waals surface area contributed by atoms with Crippen molar-refractivity contribution in [3.63, 3.8) is 0 Å². The van der Waals surface area contributed by atoms with Crippen LogP contribution in [0.4, 0.5) is 4.79 Å². The van der Waals surface area contributed by atoms with E-state index in [9.17, 15) is 13.2 Å². The predicted octanol–water partition coefficient (Wildman–Crippen LogP) is 0.384. The Morgan fingerprint density at radius 2 is 2.05 bits per heavy atom. The van der Waals surface area contributed by atoms with Crippen molar-refractivity contribution in [1.29, 1.82) is 0 Å². The molecule has 0 bridgehead atoms. The smallest absolute Gasteiger partial charge is 0.317 e. The Kier molecular flexibility index (Phi) is 3.90. The van der Waals surface area contributed by atoms with Crippen LogP contribution in [0.2, 0.25) is 0 Å². The number of nitrogens with one attached hydrogen (secondary N) is 1. The highest BCUT2D eigenvalue weighted by Gasteiger charge is 2.33. The van der Waals surface area contributed by atoms with E-state index in [1.54, 1.807) is 4.90 Å². The molecule has 2 aliphatic heterocycles. The molecule has 6 nitrogen and oxygen atoms in total. The number of hydrogen-bond acceptors (Lipinski definition) is 4. The molecule has 0 aromatic rings. The molecule has 0 aromatic carbocycles. The van der Waals surface area contributed by atoms with Crippen LogP contribution in [-0.4, -0.2) is 62.7 Å². The Hall–Kier alpha value is -0.820. The topological polar surface area (TPSA) is 75.7 Å². The van der Waals surface area contributed by atoms with E-state index in [2.05, 4.69) is 5.32 Å². The number of nitrogens with zero attached hydrogens (tertiary/aromatic N) is 1. The Labute approximate surface area is 119 Å². The number of carbonyl (C=O) groups excluding carboxylic acids is 1. The average Bonchev–Trinajstić information content (AvgIpc) is 2.98. The third-order valence-corrected chi connectivity index (χ3v) is 6.02. The van der Waals surface area contributed by atoms with Gasteiger partial charge in [-0.15, -0.1) is 0 Å².